The van der Waals surface area contributed by atoms with Crippen LogP contribution in [0.1, 0.15) is 24.5 Å². The van der Waals surface area contributed by atoms with E-state index in [1.54, 1.807) is 0 Å². The number of hydrogen-bond donors (Lipinski definition) is 1. The summed E-state index contributed by atoms with van der Waals surface area (Å²) in [4.78, 5) is 12.7. The molecule has 0 spiro atoms. The largest absolute Gasteiger partial charge is 0.388 e. The number of sulfone groups is 1. The Kier molecular flexibility index (Phi) is 5.48. The number of nitro benzene ring substituents is 1. The Balaban J connectivity index is 1.77. The van der Waals surface area contributed by atoms with E-state index < -0.39 is 20.9 Å². The van der Waals surface area contributed by atoms with Crippen molar-refractivity contribution in [2.75, 3.05) is 24.2 Å². The zero-order valence-corrected chi connectivity index (χ0v) is 15.8. The van der Waals surface area contributed by atoms with Crippen molar-refractivity contribution in [2.24, 2.45) is 5.92 Å². The molecule has 144 valence electrons. The molecule has 27 heavy (non-hydrogen) atoms. The Morgan fingerprint density at radius 3 is 2.33 bits per heavy atom. The molecule has 0 aliphatic carbocycles. The predicted molar refractivity (Wildman–Crippen MR) is 103 cm³/mol. The molecule has 1 aliphatic heterocycles. The van der Waals surface area contributed by atoms with Crippen molar-refractivity contribution in [3.8, 4) is 0 Å². The van der Waals surface area contributed by atoms with Crippen molar-refractivity contribution in [3.63, 3.8) is 0 Å². The fourth-order valence-corrected chi connectivity index (χ4v) is 4.17. The molecule has 0 amide bonds. The topological polar surface area (TPSA) is 101 Å². The van der Waals surface area contributed by atoms with Crippen LogP contribution in [-0.2, 0) is 9.84 Å². The Morgan fingerprint density at radius 1 is 1.15 bits per heavy atom. The number of anilines is 1. The van der Waals surface area contributed by atoms with Gasteiger partial charge < -0.3 is 10.0 Å². The Morgan fingerprint density at radius 2 is 1.78 bits per heavy atom. The summed E-state index contributed by atoms with van der Waals surface area (Å²) < 4.78 is 23.4. The van der Waals surface area contributed by atoms with Gasteiger partial charge in [-0.2, -0.15) is 0 Å². The first-order chi connectivity index (χ1) is 12.8. The first-order valence-corrected chi connectivity index (χ1v) is 10.6. The number of aliphatic hydroxyl groups excluding tert-OH is 1. The van der Waals surface area contributed by atoms with Crippen LogP contribution in [0.2, 0.25) is 0 Å². The quantitative estimate of drug-likeness (QED) is 0.622. The molecular formula is C19H22N2O5S. The summed E-state index contributed by atoms with van der Waals surface area (Å²) in [6.07, 6.45) is 1.86. The van der Waals surface area contributed by atoms with Crippen LogP contribution in [0.5, 0.6) is 0 Å². The summed E-state index contributed by atoms with van der Waals surface area (Å²) in [5.74, 6) is 0.0815. The summed E-state index contributed by atoms with van der Waals surface area (Å²) in [6, 6.07) is 13.5. The van der Waals surface area contributed by atoms with E-state index in [4.69, 9.17) is 0 Å². The third-order valence-electron chi connectivity index (χ3n) is 5.04. The molecular weight excluding hydrogens is 368 g/mol. The number of aliphatic hydroxyl groups is 1. The van der Waals surface area contributed by atoms with Crippen LogP contribution < -0.4 is 4.90 Å². The predicted octanol–water partition coefficient (Wildman–Crippen LogP) is 2.95. The Bertz CT molecular complexity index is 922. The van der Waals surface area contributed by atoms with Crippen LogP contribution in [0.4, 0.5) is 11.4 Å². The second-order valence-corrected chi connectivity index (χ2v) is 8.88. The van der Waals surface area contributed by atoms with E-state index in [1.807, 2.05) is 35.2 Å². The van der Waals surface area contributed by atoms with Gasteiger partial charge in [0.25, 0.3) is 5.69 Å². The highest BCUT2D eigenvalue weighted by Gasteiger charge is 2.29. The van der Waals surface area contributed by atoms with Gasteiger partial charge in [0.1, 0.15) is 5.69 Å². The lowest BCUT2D eigenvalue weighted by molar-refractivity contribution is -0.384. The van der Waals surface area contributed by atoms with Gasteiger partial charge in [0, 0.05) is 25.4 Å². The van der Waals surface area contributed by atoms with E-state index in [1.165, 1.54) is 12.1 Å². The molecule has 7 nitrogen and oxygen atoms in total. The van der Waals surface area contributed by atoms with Crippen molar-refractivity contribution in [2.45, 2.75) is 23.8 Å². The molecule has 2 aromatic carbocycles. The molecule has 1 saturated heterocycles. The smallest absolute Gasteiger partial charge is 0.293 e. The van der Waals surface area contributed by atoms with Gasteiger partial charge in [-0.25, -0.2) is 8.42 Å². The molecule has 1 heterocycles. The molecule has 0 bridgehead atoms. The second kappa shape index (κ2) is 7.66. The van der Waals surface area contributed by atoms with Gasteiger partial charge in [0.05, 0.1) is 15.9 Å². The van der Waals surface area contributed by atoms with E-state index in [0.717, 1.165) is 17.9 Å². The number of rotatable bonds is 5. The molecule has 0 radical (unpaired) electrons. The third-order valence-corrected chi connectivity index (χ3v) is 6.15. The van der Waals surface area contributed by atoms with Gasteiger partial charge in [-0.1, -0.05) is 30.3 Å². The van der Waals surface area contributed by atoms with Gasteiger partial charge in [0.15, 0.2) is 9.84 Å². The normalized spacial score (nSPS) is 16.9. The monoisotopic (exact) mass is 390 g/mol. The maximum atomic E-state index is 11.7. The maximum Gasteiger partial charge on any atom is 0.293 e. The number of piperidine rings is 1. The molecule has 1 atom stereocenters. The zero-order chi connectivity index (χ0) is 19.6. The molecule has 1 fully saturated rings. The number of benzene rings is 2. The highest BCUT2D eigenvalue weighted by molar-refractivity contribution is 7.90. The molecule has 3 rings (SSSR count). The third kappa shape index (κ3) is 4.28. The van der Waals surface area contributed by atoms with Crippen LogP contribution >= 0.6 is 0 Å². The first-order valence-electron chi connectivity index (χ1n) is 8.74. The lowest BCUT2D eigenvalue weighted by Crippen LogP contribution is -2.36. The fourth-order valence-electron chi connectivity index (χ4n) is 3.53. The van der Waals surface area contributed by atoms with E-state index in [0.29, 0.717) is 31.6 Å². The zero-order valence-electron chi connectivity index (χ0n) is 15.0. The van der Waals surface area contributed by atoms with Gasteiger partial charge in [-0.15, -0.1) is 0 Å². The number of nitro groups is 1. The minimum absolute atomic E-state index is 0.0627. The van der Waals surface area contributed by atoms with Crippen molar-refractivity contribution in [1.29, 1.82) is 0 Å². The average molecular weight is 390 g/mol. The fraction of sp³-hybridized carbons (Fsp3) is 0.368. The minimum atomic E-state index is -3.51. The van der Waals surface area contributed by atoms with Gasteiger partial charge in [0.2, 0.25) is 0 Å². The molecule has 8 heteroatoms. The summed E-state index contributed by atoms with van der Waals surface area (Å²) in [5, 5.41) is 22.0. The first kappa shape index (κ1) is 19.3. The van der Waals surface area contributed by atoms with Gasteiger partial charge in [-0.3, -0.25) is 10.1 Å². The molecule has 2 aromatic rings. The summed E-state index contributed by atoms with van der Waals surface area (Å²) >= 11 is 0. The van der Waals surface area contributed by atoms with Crippen LogP contribution in [0.3, 0.4) is 0 Å². The average Bonchev–Trinajstić information content (AvgIpc) is 2.67. The summed E-state index contributed by atoms with van der Waals surface area (Å²) in [6.45, 7) is 1.13. The van der Waals surface area contributed by atoms with E-state index in [9.17, 15) is 23.6 Å². The van der Waals surface area contributed by atoms with Crippen molar-refractivity contribution in [1.82, 2.24) is 0 Å². The SMILES string of the molecule is CS(=O)(=O)c1ccc(N2CCC(C(O)c3ccccc3)CC2)c([N+](=O)[O-])c1. The molecule has 0 saturated carbocycles. The van der Waals surface area contributed by atoms with Gasteiger partial charge >= 0.3 is 0 Å². The molecule has 0 aromatic heterocycles. The Hall–Kier alpha value is -2.45. The van der Waals surface area contributed by atoms with Crippen LogP contribution in [-0.4, -0.2) is 37.8 Å². The second-order valence-electron chi connectivity index (χ2n) is 6.86. The summed E-state index contributed by atoms with van der Waals surface area (Å²) in [7, 11) is -3.51. The van der Waals surface area contributed by atoms with E-state index in [2.05, 4.69) is 0 Å². The number of hydrogen-bond acceptors (Lipinski definition) is 6. The molecule has 1 unspecified atom stereocenters. The molecule has 1 N–H and O–H groups in total. The standard InChI is InChI=1S/C19H22N2O5S/c1-27(25,26)16-7-8-17(18(13-16)21(23)24)20-11-9-15(10-12-20)19(22)14-5-3-2-4-6-14/h2-8,13,15,19,22H,9-12H2,1H3. The Labute approximate surface area is 158 Å². The minimum Gasteiger partial charge on any atom is -0.388 e. The van der Waals surface area contributed by atoms with Crippen molar-refractivity contribution in [3.05, 3.63) is 64.2 Å². The summed E-state index contributed by atoms with van der Waals surface area (Å²) in [5.41, 5.74) is 1.08. The lowest BCUT2D eigenvalue weighted by Gasteiger charge is -2.35. The number of nitrogens with zero attached hydrogens (tertiary/aromatic N) is 2. The van der Waals surface area contributed by atoms with Crippen molar-refractivity contribution < 1.29 is 18.4 Å². The van der Waals surface area contributed by atoms with E-state index >= 15 is 0 Å². The van der Waals surface area contributed by atoms with Crippen molar-refractivity contribution >= 4 is 21.2 Å². The van der Waals surface area contributed by atoms with Gasteiger partial charge in [-0.05, 0) is 36.5 Å². The van der Waals surface area contributed by atoms with Crippen LogP contribution in [0.25, 0.3) is 0 Å². The van der Waals surface area contributed by atoms with Crippen LogP contribution in [0, 0.1) is 16.0 Å². The molecule has 1 aliphatic rings. The maximum absolute atomic E-state index is 11.7. The van der Waals surface area contributed by atoms with E-state index in [-0.39, 0.29) is 16.5 Å². The highest BCUT2D eigenvalue weighted by atomic mass is 32.2. The highest BCUT2D eigenvalue weighted by Crippen LogP contribution is 2.36. The van der Waals surface area contributed by atoms with Crippen LogP contribution in [0.15, 0.2) is 53.4 Å². The lowest BCUT2D eigenvalue weighted by atomic mass is 9.87.